The van der Waals surface area contributed by atoms with E-state index < -0.39 is 0 Å². The fourth-order valence-corrected chi connectivity index (χ4v) is 2.38. The molecule has 24 heavy (non-hydrogen) atoms. The van der Waals surface area contributed by atoms with Crippen molar-refractivity contribution in [2.45, 2.75) is 0 Å². The van der Waals surface area contributed by atoms with E-state index in [4.69, 9.17) is 19.1 Å². The van der Waals surface area contributed by atoms with Gasteiger partial charge in [0.15, 0.2) is 5.75 Å². The van der Waals surface area contributed by atoms with E-state index in [-0.39, 0.29) is 0 Å². The predicted molar refractivity (Wildman–Crippen MR) is 93.6 cm³/mol. The van der Waals surface area contributed by atoms with Crippen molar-refractivity contribution < 1.29 is 19.1 Å². The molecule has 0 aromatic heterocycles. The Morgan fingerprint density at radius 3 is 1.88 bits per heavy atom. The maximum atomic E-state index is 5.77. The van der Waals surface area contributed by atoms with Gasteiger partial charge in [-0.25, -0.2) is 4.84 Å². The van der Waals surface area contributed by atoms with Crippen LogP contribution >= 0.6 is 0 Å². The molecule has 0 spiro atoms. The lowest BCUT2D eigenvalue weighted by Gasteiger charge is -2.21. The molecular weight excluding hydrogens is 306 g/mol. The molecule has 0 radical (unpaired) electrons. The largest absolute Gasteiger partial charge is 0.497 e. The molecule has 0 heterocycles. The van der Waals surface area contributed by atoms with Gasteiger partial charge in [0.2, 0.25) is 0 Å². The Kier molecular flexibility index (Phi) is 4.72. The van der Waals surface area contributed by atoms with Gasteiger partial charge in [0.25, 0.3) is 0 Å². The van der Waals surface area contributed by atoms with Gasteiger partial charge in [0.05, 0.1) is 21.3 Å². The Morgan fingerprint density at radius 1 is 0.625 bits per heavy atom. The van der Waals surface area contributed by atoms with Gasteiger partial charge in [-0.2, -0.15) is 0 Å². The van der Waals surface area contributed by atoms with Crippen LogP contribution in [-0.4, -0.2) is 21.3 Å². The molecule has 0 aliphatic carbocycles. The summed E-state index contributed by atoms with van der Waals surface area (Å²) in [5, 5.41) is 3.51. The highest BCUT2D eigenvalue weighted by atomic mass is 16.9. The van der Waals surface area contributed by atoms with E-state index in [2.05, 4.69) is 0 Å². The summed E-state index contributed by atoms with van der Waals surface area (Å²) in [6, 6.07) is 19.1. The van der Waals surface area contributed by atoms with Crippen molar-refractivity contribution in [3.63, 3.8) is 0 Å². The second kappa shape index (κ2) is 7.10. The number of nitrogens with zero attached hydrogens (tertiary/aromatic N) is 1. The van der Waals surface area contributed by atoms with E-state index in [1.165, 1.54) is 5.23 Å². The monoisotopic (exact) mass is 325 g/mol. The van der Waals surface area contributed by atoms with Crippen LogP contribution in [0.1, 0.15) is 0 Å². The number of benzene rings is 3. The van der Waals surface area contributed by atoms with E-state index in [9.17, 15) is 0 Å². The smallest absolute Gasteiger partial charge is 0.158 e. The zero-order valence-electron chi connectivity index (χ0n) is 13.9. The molecule has 3 aromatic rings. The Labute approximate surface area is 140 Å². The summed E-state index contributed by atoms with van der Waals surface area (Å²) in [6.45, 7) is 0. The number of fused-ring (bicyclic) bond motifs is 1. The van der Waals surface area contributed by atoms with Crippen molar-refractivity contribution in [2.24, 2.45) is 0 Å². The normalized spacial score (nSPS) is 10.5. The molecule has 0 atom stereocenters. The van der Waals surface area contributed by atoms with Crippen LogP contribution < -0.4 is 19.5 Å². The molecule has 3 rings (SSSR count). The molecule has 0 unspecified atom stereocenters. The lowest BCUT2D eigenvalue weighted by Crippen LogP contribution is -2.25. The number of ether oxygens (including phenoxy) is 2. The lowest BCUT2D eigenvalue weighted by molar-refractivity contribution is 0.00848. The average molecular weight is 325 g/mol. The van der Waals surface area contributed by atoms with E-state index in [1.807, 2.05) is 60.7 Å². The quantitative estimate of drug-likeness (QED) is 0.635. The lowest BCUT2D eigenvalue weighted by atomic mass is 10.1. The highest BCUT2D eigenvalue weighted by molar-refractivity contribution is 5.86. The summed E-state index contributed by atoms with van der Waals surface area (Å²) in [6.07, 6.45) is 0. The average Bonchev–Trinajstić information content (AvgIpc) is 2.65. The third-order valence-electron chi connectivity index (χ3n) is 3.66. The molecule has 0 aliphatic heterocycles. The van der Waals surface area contributed by atoms with Crippen molar-refractivity contribution in [3.8, 4) is 17.2 Å². The summed E-state index contributed by atoms with van der Waals surface area (Å²) in [5.41, 5.74) is 0.783. The van der Waals surface area contributed by atoms with Gasteiger partial charge >= 0.3 is 0 Å². The first-order valence-corrected chi connectivity index (χ1v) is 7.47. The second-order valence-corrected chi connectivity index (χ2v) is 5.10. The highest BCUT2D eigenvalue weighted by Gasteiger charge is 2.10. The number of rotatable bonds is 6. The molecule has 0 amide bonds. The third-order valence-corrected chi connectivity index (χ3v) is 3.66. The molecule has 0 saturated carbocycles. The van der Waals surface area contributed by atoms with Crippen LogP contribution in [-0.2, 0) is 4.84 Å². The molecule has 0 N–H and O–H groups in total. The Hall–Kier alpha value is -2.92. The van der Waals surface area contributed by atoms with Crippen LogP contribution in [0.3, 0.4) is 0 Å². The molecule has 0 saturated heterocycles. The Morgan fingerprint density at radius 2 is 1.21 bits per heavy atom. The molecular formula is C19H19NO4. The van der Waals surface area contributed by atoms with Gasteiger partial charge in [0.1, 0.15) is 17.2 Å². The fraction of sp³-hybridized carbons (Fsp3) is 0.158. The maximum absolute atomic E-state index is 5.77. The van der Waals surface area contributed by atoms with Crippen LogP contribution in [0.5, 0.6) is 17.2 Å². The molecule has 0 bridgehead atoms. The Bertz CT molecular complexity index is 817. The van der Waals surface area contributed by atoms with Gasteiger partial charge in [-0.05, 0) is 59.3 Å². The molecule has 124 valence electrons. The highest BCUT2D eigenvalue weighted by Crippen LogP contribution is 2.27. The van der Waals surface area contributed by atoms with Crippen LogP contribution in [0.15, 0.2) is 60.7 Å². The molecule has 0 fully saturated rings. The van der Waals surface area contributed by atoms with Crippen molar-refractivity contribution in [1.29, 1.82) is 0 Å². The third kappa shape index (κ3) is 3.36. The van der Waals surface area contributed by atoms with Gasteiger partial charge < -0.3 is 14.3 Å². The van der Waals surface area contributed by atoms with Gasteiger partial charge in [-0.15, -0.1) is 0 Å². The number of anilines is 1. The first-order valence-electron chi connectivity index (χ1n) is 7.47. The van der Waals surface area contributed by atoms with Crippen LogP contribution in [0.25, 0.3) is 10.8 Å². The number of methoxy groups -OCH3 is 2. The van der Waals surface area contributed by atoms with Gasteiger partial charge in [0, 0.05) is 0 Å². The molecule has 0 aliphatic rings. The van der Waals surface area contributed by atoms with E-state index >= 15 is 0 Å². The molecule has 5 heteroatoms. The zero-order valence-corrected chi connectivity index (χ0v) is 13.9. The molecule has 5 nitrogen and oxygen atoms in total. The summed E-state index contributed by atoms with van der Waals surface area (Å²) >= 11 is 0. The van der Waals surface area contributed by atoms with Crippen LogP contribution in [0.2, 0.25) is 0 Å². The SMILES string of the molecule is COc1ccc(ON(OC)c2ccc3cc(OC)ccc3c2)cc1. The maximum Gasteiger partial charge on any atom is 0.158 e. The summed E-state index contributed by atoms with van der Waals surface area (Å²) in [5.74, 6) is 2.24. The van der Waals surface area contributed by atoms with Gasteiger partial charge in [-0.3, -0.25) is 0 Å². The Balaban J connectivity index is 1.85. The fourth-order valence-electron chi connectivity index (χ4n) is 2.38. The summed E-state index contributed by atoms with van der Waals surface area (Å²) in [4.78, 5) is 11.1. The van der Waals surface area contributed by atoms with E-state index in [0.29, 0.717) is 5.75 Å². The van der Waals surface area contributed by atoms with Crippen LogP contribution in [0, 0.1) is 0 Å². The summed E-state index contributed by atoms with van der Waals surface area (Å²) in [7, 11) is 4.84. The summed E-state index contributed by atoms with van der Waals surface area (Å²) < 4.78 is 10.4. The topological polar surface area (TPSA) is 40.2 Å². The van der Waals surface area contributed by atoms with Crippen LogP contribution in [0.4, 0.5) is 5.69 Å². The molecule has 3 aromatic carbocycles. The van der Waals surface area contributed by atoms with E-state index in [1.54, 1.807) is 21.3 Å². The zero-order chi connectivity index (χ0) is 16.9. The van der Waals surface area contributed by atoms with Crippen molar-refractivity contribution in [3.05, 3.63) is 60.7 Å². The van der Waals surface area contributed by atoms with Crippen molar-refractivity contribution in [1.82, 2.24) is 0 Å². The first-order chi connectivity index (χ1) is 11.7. The van der Waals surface area contributed by atoms with E-state index in [0.717, 1.165) is 28.0 Å². The number of hydrogen-bond acceptors (Lipinski definition) is 5. The van der Waals surface area contributed by atoms with Crippen molar-refractivity contribution in [2.75, 3.05) is 26.6 Å². The second-order valence-electron chi connectivity index (χ2n) is 5.10. The minimum Gasteiger partial charge on any atom is -0.497 e. The number of hydrogen-bond donors (Lipinski definition) is 0. The van der Waals surface area contributed by atoms with Gasteiger partial charge in [-0.1, -0.05) is 17.4 Å². The predicted octanol–water partition coefficient (Wildman–Crippen LogP) is 4.22. The minimum atomic E-state index is 0.646. The standard InChI is InChI=1S/C19H19NO4/c1-21-17-8-10-18(11-9-17)24-20(23-3)16-6-4-15-13-19(22-2)7-5-14(15)12-16/h4-13H,1-3H3. The van der Waals surface area contributed by atoms with Crippen molar-refractivity contribution >= 4 is 16.5 Å². The minimum absolute atomic E-state index is 0.646. The first kappa shape index (κ1) is 16.0.